The molecule has 2 atom stereocenters. The van der Waals surface area contributed by atoms with Crippen LogP contribution in [0.2, 0.25) is 0 Å². The highest BCUT2D eigenvalue weighted by Gasteiger charge is 2.36. The van der Waals surface area contributed by atoms with Crippen LogP contribution in [0.3, 0.4) is 0 Å². The van der Waals surface area contributed by atoms with Crippen molar-refractivity contribution in [3.63, 3.8) is 0 Å². The number of hydrogen-bond donors (Lipinski definition) is 1. The van der Waals surface area contributed by atoms with Crippen LogP contribution in [0.5, 0.6) is 0 Å². The first-order valence-corrected chi connectivity index (χ1v) is 11.2. The van der Waals surface area contributed by atoms with Crippen LogP contribution in [0, 0.1) is 12.3 Å². The first-order valence-electron chi connectivity index (χ1n) is 11.2. The Kier molecular flexibility index (Phi) is 7.67. The van der Waals surface area contributed by atoms with Gasteiger partial charge in [-0.2, -0.15) is 0 Å². The maximum absolute atomic E-state index is 13.5. The number of carbonyl (C=O) groups is 1. The van der Waals surface area contributed by atoms with Gasteiger partial charge in [0.2, 0.25) is 0 Å². The summed E-state index contributed by atoms with van der Waals surface area (Å²) >= 11 is 0. The van der Waals surface area contributed by atoms with Crippen molar-refractivity contribution in [2.45, 2.75) is 86.1 Å². The second-order valence-corrected chi connectivity index (χ2v) is 8.45. The Labute approximate surface area is 176 Å². The van der Waals surface area contributed by atoms with Crippen molar-refractivity contribution in [3.8, 4) is 0 Å². The van der Waals surface area contributed by atoms with Crippen molar-refractivity contribution in [2.24, 2.45) is 12.5 Å². The molecule has 0 aromatic carbocycles. The van der Waals surface area contributed by atoms with Crippen LogP contribution in [0.4, 0.5) is 0 Å². The van der Waals surface area contributed by atoms with Gasteiger partial charge in [-0.15, -0.1) is 0 Å². The minimum Gasteiger partial charge on any atom is -0.351 e. The Morgan fingerprint density at radius 3 is 2.45 bits per heavy atom. The number of hydrogen-bond acceptors (Lipinski definition) is 2. The van der Waals surface area contributed by atoms with Gasteiger partial charge in [0.1, 0.15) is 5.56 Å². The number of rotatable bonds is 8. The summed E-state index contributed by atoms with van der Waals surface area (Å²) in [6.07, 6.45) is 11.5. The third-order valence-electron chi connectivity index (χ3n) is 6.75. The minimum atomic E-state index is -0.231. The molecule has 1 aliphatic carbocycles. The van der Waals surface area contributed by atoms with Gasteiger partial charge in [0.05, 0.1) is 6.04 Å². The number of allylic oxidation sites excluding steroid dienone is 2. The zero-order chi connectivity index (χ0) is 21.8. The topological polar surface area (TPSA) is 51.1 Å². The monoisotopic (exact) mass is 398 g/mol. The third-order valence-corrected chi connectivity index (χ3v) is 6.75. The summed E-state index contributed by atoms with van der Waals surface area (Å²) in [5.41, 5.74) is 3.86. The molecular formula is C25H38N2O2. The molecule has 4 heteroatoms. The van der Waals surface area contributed by atoms with Gasteiger partial charge < -0.3 is 9.88 Å². The van der Waals surface area contributed by atoms with Gasteiger partial charge in [0.25, 0.3) is 5.91 Å². The molecule has 1 aliphatic rings. The highest BCUT2D eigenvalue weighted by atomic mass is 16.2. The molecule has 0 radical (unpaired) electrons. The summed E-state index contributed by atoms with van der Waals surface area (Å²) < 4.78 is 2.06. The van der Waals surface area contributed by atoms with Crippen molar-refractivity contribution in [1.29, 1.82) is 0 Å². The fourth-order valence-corrected chi connectivity index (χ4v) is 4.42. The molecule has 0 fully saturated rings. The van der Waals surface area contributed by atoms with Gasteiger partial charge >= 0.3 is 0 Å². The number of nitrogens with zero attached hydrogens (tertiary/aromatic N) is 1. The first-order chi connectivity index (χ1) is 13.7. The smallest absolute Gasteiger partial charge is 0.257 e. The summed E-state index contributed by atoms with van der Waals surface area (Å²) in [4.78, 5) is 26.9. The summed E-state index contributed by atoms with van der Waals surface area (Å²) in [6.45, 7) is 12.5. The number of carbonyl (C=O) groups excluding carboxylic acids is 1. The Morgan fingerprint density at radius 1 is 1.21 bits per heavy atom. The normalized spacial score (nSPS) is 21.2. The summed E-state index contributed by atoms with van der Waals surface area (Å²) in [5.74, 6) is -0.231. The van der Waals surface area contributed by atoms with Gasteiger partial charge in [-0.05, 0) is 44.6 Å². The van der Waals surface area contributed by atoms with Crippen LogP contribution in [-0.4, -0.2) is 16.5 Å². The standard InChI is InChI=1S/C25H38N2O2/c1-8-12-15-20-21(22(28)19(10-3)17(5)27(20)7)24(29)26-23-18(9-2)14-13-16-25(23,6)11-4/h13-14,16,23H,8-12,15H2,1-7H3,(H,26,29). The molecule has 2 rings (SSSR count). The highest BCUT2D eigenvalue weighted by Crippen LogP contribution is 2.36. The van der Waals surface area contributed by atoms with Gasteiger partial charge in [-0.1, -0.05) is 59.3 Å². The quantitative estimate of drug-likeness (QED) is 0.668. The molecule has 0 saturated heterocycles. The lowest BCUT2D eigenvalue weighted by Gasteiger charge is -2.39. The van der Waals surface area contributed by atoms with E-state index in [-0.39, 0.29) is 22.8 Å². The summed E-state index contributed by atoms with van der Waals surface area (Å²) in [5, 5.41) is 3.26. The van der Waals surface area contributed by atoms with E-state index in [4.69, 9.17) is 0 Å². The molecule has 29 heavy (non-hydrogen) atoms. The maximum atomic E-state index is 13.5. The van der Waals surface area contributed by atoms with Crippen molar-refractivity contribution < 1.29 is 4.79 Å². The maximum Gasteiger partial charge on any atom is 0.257 e. The highest BCUT2D eigenvalue weighted by molar-refractivity contribution is 5.96. The van der Waals surface area contributed by atoms with E-state index in [9.17, 15) is 9.59 Å². The molecule has 0 aliphatic heterocycles. The molecule has 1 aromatic rings. The van der Waals surface area contributed by atoms with Crippen LogP contribution < -0.4 is 10.7 Å². The van der Waals surface area contributed by atoms with E-state index in [1.54, 1.807) is 0 Å². The summed E-state index contributed by atoms with van der Waals surface area (Å²) in [6, 6.07) is -0.0925. The van der Waals surface area contributed by atoms with Gasteiger partial charge in [-0.3, -0.25) is 9.59 Å². The number of unbranched alkanes of at least 4 members (excludes halogenated alkanes) is 1. The Morgan fingerprint density at radius 2 is 1.90 bits per heavy atom. The third kappa shape index (κ3) is 4.41. The zero-order valence-corrected chi connectivity index (χ0v) is 19.3. The van der Waals surface area contributed by atoms with Gasteiger partial charge in [-0.25, -0.2) is 0 Å². The minimum absolute atomic E-state index is 0.0925. The second-order valence-electron chi connectivity index (χ2n) is 8.45. The molecular weight excluding hydrogens is 360 g/mol. The van der Waals surface area contributed by atoms with Gasteiger partial charge in [0.15, 0.2) is 5.43 Å². The lowest BCUT2D eigenvalue weighted by molar-refractivity contribution is 0.0912. The van der Waals surface area contributed by atoms with Crippen molar-refractivity contribution >= 4 is 5.91 Å². The van der Waals surface area contributed by atoms with E-state index in [1.165, 1.54) is 5.57 Å². The molecule has 1 amide bonds. The first kappa shape index (κ1) is 23.2. The molecule has 160 valence electrons. The van der Waals surface area contributed by atoms with Gasteiger partial charge in [0, 0.05) is 29.4 Å². The zero-order valence-electron chi connectivity index (χ0n) is 19.3. The lowest BCUT2D eigenvalue weighted by Crippen LogP contribution is -2.49. The number of amides is 1. The predicted octanol–water partition coefficient (Wildman–Crippen LogP) is 5.02. The van der Waals surface area contributed by atoms with Crippen molar-refractivity contribution in [3.05, 3.63) is 56.5 Å². The average Bonchev–Trinajstić information content (AvgIpc) is 2.71. The van der Waals surface area contributed by atoms with E-state index in [2.05, 4.69) is 55.8 Å². The SMILES string of the molecule is CCCCc1c(C(=O)NC2C(CC)=CC=CC2(C)CC)c(=O)c(CC)c(C)n1C. The van der Waals surface area contributed by atoms with Crippen LogP contribution in [-0.2, 0) is 19.9 Å². The van der Waals surface area contributed by atoms with E-state index < -0.39 is 0 Å². The molecule has 4 nitrogen and oxygen atoms in total. The molecule has 0 bridgehead atoms. The van der Waals surface area contributed by atoms with E-state index in [0.29, 0.717) is 12.0 Å². The average molecular weight is 399 g/mol. The molecule has 2 unspecified atom stereocenters. The van der Waals surface area contributed by atoms with E-state index in [1.807, 2.05) is 20.9 Å². The summed E-state index contributed by atoms with van der Waals surface area (Å²) in [7, 11) is 1.98. The van der Waals surface area contributed by atoms with Crippen LogP contribution >= 0.6 is 0 Å². The van der Waals surface area contributed by atoms with E-state index >= 15 is 0 Å². The van der Waals surface area contributed by atoms with E-state index in [0.717, 1.165) is 49.1 Å². The number of nitrogens with one attached hydrogen (secondary N) is 1. The van der Waals surface area contributed by atoms with Crippen LogP contribution in [0.15, 0.2) is 28.6 Å². The van der Waals surface area contributed by atoms with Crippen LogP contribution in [0.25, 0.3) is 0 Å². The Balaban J connectivity index is 2.56. The number of pyridine rings is 1. The second kappa shape index (κ2) is 9.60. The van der Waals surface area contributed by atoms with Crippen LogP contribution in [0.1, 0.15) is 87.6 Å². The predicted molar refractivity (Wildman–Crippen MR) is 122 cm³/mol. The largest absolute Gasteiger partial charge is 0.351 e. The lowest BCUT2D eigenvalue weighted by atomic mass is 9.72. The fraction of sp³-hybridized carbons (Fsp3) is 0.600. The molecule has 0 saturated carbocycles. The molecule has 1 aromatic heterocycles. The number of aromatic nitrogens is 1. The molecule has 1 N–H and O–H groups in total. The Hall–Kier alpha value is -2.10. The molecule has 0 spiro atoms. The van der Waals surface area contributed by atoms with Crippen molar-refractivity contribution in [2.75, 3.05) is 0 Å². The Bertz CT molecular complexity index is 876. The van der Waals surface area contributed by atoms with Crippen molar-refractivity contribution in [1.82, 2.24) is 9.88 Å². The molecule has 1 heterocycles. The fourth-order valence-electron chi connectivity index (χ4n) is 4.42.